The van der Waals surface area contributed by atoms with Gasteiger partial charge in [0.2, 0.25) is 6.29 Å². The summed E-state index contributed by atoms with van der Waals surface area (Å²) in [4.78, 5) is 0. The van der Waals surface area contributed by atoms with E-state index in [2.05, 4.69) is 6.92 Å². The Balaban J connectivity index is 2.00. The van der Waals surface area contributed by atoms with Crippen LogP contribution in [0.15, 0.2) is 24.3 Å². The molecule has 0 bridgehead atoms. The average Bonchev–Trinajstić information content (AvgIpc) is 2.72. The molecule has 0 amide bonds. The molecule has 2 heteroatoms. The molecular weight excluding hydrogens is 152 g/mol. The molecule has 2 atom stereocenters. The van der Waals surface area contributed by atoms with E-state index in [-0.39, 0.29) is 12.4 Å². The van der Waals surface area contributed by atoms with Crippen LogP contribution >= 0.6 is 0 Å². The molecule has 0 spiro atoms. The zero-order valence-corrected chi connectivity index (χ0v) is 7.28. The molecule has 64 valence electrons. The molecule has 0 aromatic heterocycles. The zero-order valence-electron chi connectivity index (χ0n) is 7.28. The zero-order chi connectivity index (χ0) is 8.55. The lowest BCUT2D eigenvalue weighted by Gasteiger charge is -2.01. The van der Waals surface area contributed by atoms with Crippen molar-refractivity contribution in [3.63, 3.8) is 0 Å². The van der Waals surface area contributed by atoms with Gasteiger partial charge in [-0.3, -0.25) is 0 Å². The molecule has 1 aliphatic heterocycles. The molecule has 1 aromatic carbocycles. The van der Waals surface area contributed by atoms with E-state index in [1.54, 1.807) is 0 Å². The fourth-order valence-electron chi connectivity index (χ4n) is 1.04. The predicted molar refractivity (Wildman–Crippen MR) is 46.1 cm³/mol. The van der Waals surface area contributed by atoms with E-state index in [9.17, 15) is 0 Å². The largest absolute Gasteiger partial charge is 0.462 e. The summed E-state index contributed by atoms with van der Waals surface area (Å²) in [6.07, 6.45) is 0.235. The fraction of sp³-hybridized carbons (Fsp3) is 0.400. The van der Waals surface area contributed by atoms with Gasteiger partial charge in [-0.1, -0.05) is 17.7 Å². The Kier molecular flexibility index (Phi) is 1.77. The van der Waals surface area contributed by atoms with Gasteiger partial charge >= 0.3 is 0 Å². The number of aryl methyl sites for hydroxylation is 1. The third-order valence-electron chi connectivity index (χ3n) is 1.93. The summed E-state index contributed by atoms with van der Waals surface area (Å²) in [7, 11) is 0. The van der Waals surface area contributed by atoms with Crippen molar-refractivity contribution in [3.8, 4) is 5.75 Å². The van der Waals surface area contributed by atoms with Crippen molar-refractivity contribution in [2.45, 2.75) is 26.2 Å². The molecule has 0 saturated carbocycles. The van der Waals surface area contributed by atoms with Crippen molar-refractivity contribution in [1.29, 1.82) is 0 Å². The van der Waals surface area contributed by atoms with E-state index in [0.717, 1.165) is 5.75 Å². The van der Waals surface area contributed by atoms with E-state index in [1.165, 1.54) is 5.56 Å². The van der Waals surface area contributed by atoms with E-state index in [1.807, 2.05) is 31.2 Å². The normalized spacial score (nSPS) is 26.8. The Morgan fingerprint density at radius 1 is 1.25 bits per heavy atom. The Morgan fingerprint density at radius 2 is 1.83 bits per heavy atom. The summed E-state index contributed by atoms with van der Waals surface area (Å²) in [5, 5.41) is 0. The molecule has 0 aliphatic carbocycles. The first-order valence-electron chi connectivity index (χ1n) is 4.14. The highest BCUT2D eigenvalue weighted by atomic mass is 16.8. The Morgan fingerprint density at radius 3 is 2.33 bits per heavy atom. The minimum absolute atomic E-state index is 0.0206. The second kappa shape index (κ2) is 2.79. The van der Waals surface area contributed by atoms with Crippen molar-refractivity contribution in [3.05, 3.63) is 29.8 Å². The number of ether oxygens (including phenoxy) is 2. The van der Waals surface area contributed by atoms with Crippen LogP contribution in [-0.4, -0.2) is 12.4 Å². The van der Waals surface area contributed by atoms with Crippen molar-refractivity contribution in [1.82, 2.24) is 0 Å². The van der Waals surface area contributed by atoms with Crippen LogP contribution in [0.25, 0.3) is 0 Å². The van der Waals surface area contributed by atoms with Crippen LogP contribution in [0, 0.1) is 6.92 Å². The summed E-state index contributed by atoms with van der Waals surface area (Å²) >= 11 is 0. The van der Waals surface area contributed by atoms with Gasteiger partial charge in [-0.05, 0) is 26.0 Å². The van der Waals surface area contributed by atoms with Crippen LogP contribution in [0.3, 0.4) is 0 Å². The monoisotopic (exact) mass is 164 g/mol. The van der Waals surface area contributed by atoms with Gasteiger partial charge in [-0.15, -0.1) is 0 Å². The quantitative estimate of drug-likeness (QED) is 0.624. The summed E-state index contributed by atoms with van der Waals surface area (Å²) in [5.41, 5.74) is 1.24. The highest BCUT2D eigenvalue weighted by molar-refractivity contribution is 5.26. The molecule has 1 saturated heterocycles. The third-order valence-corrected chi connectivity index (χ3v) is 1.93. The highest BCUT2D eigenvalue weighted by Gasteiger charge is 2.36. The van der Waals surface area contributed by atoms with E-state index >= 15 is 0 Å². The summed E-state index contributed by atoms with van der Waals surface area (Å²) in [6, 6.07) is 7.98. The van der Waals surface area contributed by atoms with Crippen molar-refractivity contribution in [2.75, 3.05) is 0 Å². The molecule has 2 nitrogen and oxygen atoms in total. The summed E-state index contributed by atoms with van der Waals surface area (Å²) < 4.78 is 10.6. The maximum Gasteiger partial charge on any atom is 0.226 e. The van der Waals surface area contributed by atoms with Gasteiger partial charge in [0.15, 0.2) is 0 Å². The lowest BCUT2D eigenvalue weighted by molar-refractivity contribution is 0.178. The molecule has 2 unspecified atom stereocenters. The number of hydrogen-bond acceptors (Lipinski definition) is 2. The van der Waals surface area contributed by atoms with Crippen LogP contribution in [0.5, 0.6) is 5.75 Å². The van der Waals surface area contributed by atoms with Gasteiger partial charge in [-0.2, -0.15) is 0 Å². The smallest absolute Gasteiger partial charge is 0.226 e. The second-order valence-corrected chi connectivity index (χ2v) is 3.14. The number of rotatable bonds is 2. The average molecular weight is 164 g/mol. The molecule has 1 fully saturated rings. The summed E-state index contributed by atoms with van der Waals surface area (Å²) in [6.45, 7) is 4.05. The molecule has 2 rings (SSSR count). The molecule has 1 aliphatic rings. The van der Waals surface area contributed by atoms with Gasteiger partial charge in [0, 0.05) is 0 Å². The van der Waals surface area contributed by atoms with Gasteiger partial charge in [-0.25, -0.2) is 0 Å². The topological polar surface area (TPSA) is 21.8 Å². The van der Waals surface area contributed by atoms with E-state index < -0.39 is 0 Å². The highest BCUT2D eigenvalue weighted by Crippen LogP contribution is 2.25. The van der Waals surface area contributed by atoms with Crippen LogP contribution < -0.4 is 4.74 Å². The van der Waals surface area contributed by atoms with Crippen LogP contribution in [-0.2, 0) is 4.74 Å². The molecule has 0 radical (unpaired) electrons. The van der Waals surface area contributed by atoms with Crippen LogP contribution in [0.4, 0.5) is 0 Å². The lowest BCUT2D eigenvalue weighted by Crippen LogP contribution is -2.00. The number of benzene rings is 1. The number of epoxide rings is 1. The van der Waals surface area contributed by atoms with Gasteiger partial charge < -0.3 is 9.47 Å². The minimum atomic E-state index is -0.0206. The van der Waals surface area contributed by atoms with Crippen LogP contribution in [0.1, 0.15) is 12.5 Å². The van der Waals surface area contributed by atoms with Crippen molar-refractivity contribution in [2.24, 2.45) is 0 Å². The van der Waals surface area contributed by atoms with Gasteiger partial charge in [0.25, 0.3) is 0 Å². The van der Waals surface area contributed by atoms with E-state index in [4.69, 9.17) is 9.47 Å². The maximum absolute atomic E-state index is 5.47. The first-order valence-corrected chi connectivity index (χ1v) is 4.14. The summed E-state index contributed by atoms with van der Waals surface area (Å²) in [5.74, 6) is 0.884. The third kappa shape index (κ3) is 1.59. The van der Waals surface area contributed by atoms with Gasteiger partial charge in [0.1, 0.15) is 11.9 Å². The molecule has 0 N–H and O–H groups in total. The predicted octanol–water partition coefficient (Wildman–Crippen LogP) is 2.12. The van der Waals surface area contributed by atoms with Crippen molar-refractivity contribution < 1.29 is 9.47 Å². The second-order valence-electron chi connectivity index (χ2n) is 3.14. The Hall–Kier alpha value is -1.02. The van der Waals surface area contributed by atoms with Crippen molar-refractivity contribution >= 4 is 0 Å². The van der Waals surface area contributed by atoms with Crippen LogP contribution in [0.2, 0.25) is 0 Å². The Bertz CT molecular complexity index is 266. The molecule has 1 heterocycles. The molecular formula is C10H12O2. The van der Waals surface area contributed by atoms with Gasteiger partial charge in [0.05, 0.1) is 0 Å². The first-order chi connectivity index (χ1) is 5.75. The standard InChI is InChI=1S/C10H12O2/c1-7-3-5-9(6-4-7)12-10-8(2)11-10/h3-6,8,10H,1-2H3. The fourth-order valence-corrected chi connectivity index (χ4v) is 1.04. The SMILES string of the molecule is Cc1ccc(OC2OC2C)cc1. The number of hydrogen-bond donors (Lipinski definition) is 0. The molecule has 12 heavy (non-hydrogen) atoms. The molecule has 1 aromatic rings. The minimum Gasteiger partial charge on any atom is -0.462 e. The maximum atomic E-state index is 5.47. The first kappa shape index (κ1) is 7.62. The lowest BCUT2D eigenvalue weighted by atomic mass is 10.2. The van der Waals surface area contributed by atoms with E-state index in [0.29, 0.717) is 0 Å². The Labute approximate surface area is 72.1 Å².